The molecule has 0 saturated heterocycles. The van der Waals surface area contributed by atoms with Crippen LogP contribution in [0, 0.1) is 0 Å². The molecule has 0 spiro atoms. The molecule has 0 aliphatic heterocycles. The first-order valence-corrected chi connectivity index (χ1v) is 4.97. The molecule has 4 heteroatoms. The van der Waals surface area contributed by atoms with Crippen molar-refractivity contribution in [2.75, 3.05) is 6.54 Å². The van der Waals surface area contributed by atoms with Crippen LogP contribution in [0.25, 0.3) is 0 Å². The Hall–Kier alpha value is -0.900. The number of H-pyrrole nitrogens is 1. The molecule has 1 rings (SSSR count). The van der Waals surface area contributed by atoms with E-state index in [-0.39, 0.29) is 0 Å². The molecule has 1 heterocycles. The fourth-order valence-electron chi connectivity index (χ4n) is 1.13. The van der Waals surface area contributed by atoms with Crippen molar-refractivity contribution >= 4 is 0 Å². The summed E-state index contributed by atoms with van der Waals surface area (Å²) in [6.45, 7) is 6.11. The molecule has 0 fully saturated rings. The maximum Gasteiger partial charge on any atom is 0.150 e. The summed E-state index contributed by atoms with van der Waals surface area (Å²) in [5, 5.41) is 10.3. The van der Waals surface area contributed by atoms with E-state index < -0.39 is 0 Å². The summed E-state index contributed by atoms with van der Waals surface area (Å²) in [6, 6.07) is 0. The summed E-state index contributed by atoms with van der Waals surface area (Å²) in [5.41, 5.74) is 0. The highest BCUT2D eigenvalue weighted by Gasteiger charge is 2.00. The first-order valence-electron chi connectivity index (χ1n) is 4.97. The monoisotopic (exact) mass is 182 g/mol. The highest BCUT2D eigenvalue weighted by Crippen LogP contribution is 1.95. The molecular formula is C9H18N4. The van der Waals surface area contributed by atoms with Crippen molar-refractivity contribution in [1.82, 2.24) is 20.5 Å². The minimum atomic E-state index is 0.796. The number of aryl methyl sites for hydroxylation is 1. The van der Waals surface area contributed by atoms with Crippen molar-refractivity contribution in [2.45, 2.75) is 39.7 Å². The third-order valence-electron chi connectivity index (χ3n) is 1.77. The zero-order valence-electron chi connectivity index (χ0n) is 8.43. The van der Waals surface area contributed by atoms with Crippen LogP contribution in [0.2, 0.25) is 0 Å². The van der Waals surface area contributed by atoms with Crippen molar-refractivity contribution in [3.05, 3.63) is 11.6 Å². The largest absolute Gasteiger partial charge is 0.310 e. The second-order valence-corrected chi connectivity index (χ2v) is 3.13. The number of nitrogens with one attached hydrogen (secondary N) is 2. The molecule has 0 radical (unpaired) electrons. The van der Waals surface area contributed by atoms with Crippen LogP contribution >= 0.6 is 0 Å². The van der Waals surface area contributed by atoms with Gasteiger partial charge in [-0.1, -0.05) is 13.8 Å². The van der Waals surface area contributed by atoms with Gasteiger partial charge in [0.15, 0.2) is 5.82 Å². The fraction of sp³-hybridized carbons (Fsp3) is 0.778. The number of rotatable bonds is 6. The van der Waals surface area contributed by atoms with Gasteiger partial charge in [0.2, 0.25) is 0 Å². The van der Waals surface area contributed by atoms with Gasteiger partial charge in [0.1, 0.15) is 5.82 Å². The number of hydrogen-bond acceptors (Lipinski definition) is 3. The fourth-order valence-corrected chi connectivity index (χ4v) is 1.13. The molecule has 4 nitrogen and oxygen atoms in total. The number of nitrogens with zero attached hydrogens (tertiary/aromatic N) is 2. The van der Waals surface area contributed by atoms with Crippen molar-refractivity contribution in [1.29, 1.82) is 0 Å². The smallest absolute Gasteiger partial charge is 0.150 e. The lowest BCUT2D eigenvalue weighted by atomic mass is 10.3. The van der Waals surface area contributed by atoms with Crippen LogP contribution < -0.4 is 5.32 Å². The van der Waals surface area contributed by atoms with Crippen LogP contribution in [-0.4, -0.2) is 21.7 Å². The zero-order chi connectivity index (χ0) is 9.52. The van der Waals surface area contributed by atoms with E-state index in [9.17, 15) is 0 Å². The van der Waals surface area contributed by atoms with E-state index in [2.05, 4.69) is 34.3 Å². The average molecular weight is 182 g/mol. The van der Waals surface area contributed by atoms with Crippen molar-refractivity contribution < 1.29 is 0 Å². The average Bonchev–Trinajstić information content (AvgIpc) is 2.54. The van der Waals surface area contributed by atoms with E-state index in [0.717, 1.165) is 44.0 Å². The van der Waals surface area contributed by atoms with E-state index in [0.29, 0.717) is 0 Å². The molecule has 1 aromatic rings. The van der Waals surface area contributed by atoms with Gasteiger partial charge in [0.05, 0.1) is 6.54 Å². The number of hydrogen-bond donors (Lipinski definition) is 2. The topological polar surface area (TPSA) is 53.6 Å². The van der Waals surface area contributed by atoms with Crippen molar-refractivity contribution in [3.8, 4) is 0 Å². The van der Waals surface area contributed by atoms with Gasteiger partial charge in [-0.2, -0.15) is 5.10 Å². The Bertz CT molecular complexity index is 231. The quantitative estimate of drug-likeness (QED) is 0.651. The summed E-state index contributed by atoms with van der Waals surface area (Å²) in [7, 11) is 0. The van der Waals surface area contributed by atoms with E-state index >= 15 is 0 Å². The molecule has 0 unspecified atom stereocenters. The highest BCUT2D eigenvalue weighted by atomic mass is 15.2. The summed E-state index contributed by atoms with van der Waals surface area (Å²) >= 11 is 0. The summed E-state index contributed by atoms with van der Waals surface area (Å²) in [4.78, 5) is 4.34. The SMILES string of the molecule is CCCNCc1nc(CCC)n[nH]1. The molecule has 0 aromatic carbocycles. The van der Waals surface area contributed by atoms with Crippen molar-refractivity contribution in [3.63, 3.8) is 0 Å². The molecule has 0 bridgehead atoms. The van der Waals surface area contributed by atoms with Crippen LogP contribution in [-0.2, 0) is 13.0 Å². The minimum Gasteiger partial charge on any atom is -0.310 e. The van der Waals surface area contributed by atoms with Gasteiger partial charge < -0.3 is 5.32 Å². The third-order valence-corrected chi connectivity index (χ3v) is 1.77. The normalized spacial score (nSPS) is 10.6. The van der Waals surface area contributed by atoms with E-state index in [4.69, 9.17) is 0 Å². The van der Waals surface area contributed by atoms with Crippen LogP contribution in [0.4, 0.5) is 0 Å². The lowest BCUT2D eigenvalue weighted by Gasteiger charge is -1.97. The number of aromatic amines is 1. The standard InChI is InChI=1S/C9H18N4/c1-3-5-8-11-9(13-12-8)7-10-6-4-2/h10H,3-7H2,1-2H3,(H,11,12,13). The Balaban J connectivity index is 2.31. The van der Waals surface area contributed by atoms with Gasteiger partial charge in [-0.05, 0) is 19.4 Å². The Morgan fingerprint density at radius 2 is 2.15 bits per heavy atom. The lowest BCUT2D eigenvalue weighted by molar-refractivity contribution is 0.651. The first-order chi connectivity index (χ1) is 6.36. The van der Waals surface area contributed by atoms with Gasteiger partial charge in [0, 0.05) is 6.42 Å². The Morgan fingerprint density at radius 1 is 1.31 bits per heavy atom. The second kappa shape index (κ2) is 5.70. The number of aromatic nitrogens is 3. The van der Waals surface area contributed by atoms with E-state index in [1.807, 2.05) is 0 Å². The maximum absolute atomic E-state index is 4.34. The Morgan fingerprint density at radius 3 is 2.85 bits per heavy atom. The summed E-state index contributed by atoms with van der Waals surface area (Å²) in [5.74, 6) is 1.87. The lowest BCUT2D eigenvalue weighted by Crippen LogP contribution is -2.14. The molecule has 13 heavy (non-hydrogen) atoms. The van der Waals surface area contributed by atoms with E-state index in [1.165, 1.54) is 0 Å². The summed E-state index contributed by atoms with van der Waals surface area (Å²) in [6.07, 6.45) is 3.21. The Labute approximate surface area is 79.2 Å². The zero-order valence-corrected chi connectivity index (χ0v) is 8.43. The van der Waals surface area contributed by atoms with Gasteiger partial charge in [0.25, 0.3) is 0 Å². The van der Waals surface area contributed by atoms with Crippen molar-refractivity contribution in [2.24, 2.45) is 0 Å². The minimum absolute atomic E-state index is 0.796. The summed E-state index contributed by atoms with van der Waals surface area (Å²) < 4.78 is 0. The highest BCUT2D eigenvalue weighted by molar-refractivity contribution is 4.89. The van der Waals surface area contributed by atoms with Crippen LogP contribution in [0.15, 0.2) is 0 Å². The first kappa shape index (κ1) is 10.2. The van der Waals surface area contributed by atoms with Gasteiger partial charge in [-0.15, -0.1) is 0 Å². The predicted octanol–water partition coefficient (Wildman–Crippen LogP) is 1.26. The van der Waals surface area contributed by atoms with Gasteiger partial charge >= 0.3 is 0 Å². The molecule has 0 aliphatic carbocycles. The molecule has 74 valence electrons. The molecule has 0 atom stereocenters. The molecule has 2 N–H and O–H groups in total. The van der Waals surface area contributed by atoms with Gasteiger partial charge in [-0.25, -0.2) is 4.98 Å². The molecule has 0 aliphatic rings. The third kappa shape index (κ3) is 3.55. The predicted molar refractivity (Wildman–Crippen MR) is 52.4 cm³/mol. The Kier molecular flexibility index (Phi) is 4.46. The van der Waals surface area contributed by atoms with Crippen LogP contribution in [0.1, 0.15) is 38.3 Å². The molecular weight excluding hydrogens is 164 g/mol. The van der Waals surface area contributed by atoms with Crippen LogP contribution in [0.3, 0.4) is 0 Å². The van der Waals surface area contributed by atoms with Gasteiger partial charge in [-0.3, -0.25) is 5.10 Å². The molecule has 0 amide bonds. The molecule has 0 saturated carbocycles. The maximum atomic E-state index is 4.34. The molecule has 1 aromatic heterocycles. The van der Waals surface area contributed by atoms with Crippen LogP contribution in [0.5, 0.6) is 0 Å². The van der Waals surface area contributed by atoms with E-state index in [1.54, 1.807) is 0 Å². The second-order valence-electron chi connectivity index (χ2n) is 3.13.